The molecule has 1 aromatic carbocycles. The fraction of sp³-hybridized carbons (Fsp3) is 0.304. The van der Waals surface area contributed by atoms with Gasteiger partial charge in [-0.05, 0) is 42.8 Å². The highest BCUT2D eigenvalue weighted by molar-refractivity contribution is 7.14. The molecule has 5 amide bonds. The van der Waals surface area contributed by atoms with Gasteiger partial charge in [0.25, 0.3) is 11.8 Å². The summed E-state index contributed by atoms with van der Waals surface area (Å²) >= 11 is 1.11. The van der Waals surface area contributed by atoms with Crippen molar-refractivity contribution in [2.75, 3.05) is 43.1 Å². The Bertz CT molecular complexity index is 1210. The average molecular weight is 498 g/mol. The van der Waals surface area contributed by atoms with Crippen LogP contribution in [0.4, 0.5) is 21.0 Å². The number of hydrogen-bond acceptors (Lipinski definition) is 7. The number of benzene rings is 1. The second-order valence-corrected chi connectivity index (χ2v) is 9.00. The summed E-state index contributed by atoms with van der Waals surface area (Å²) in [6.45, 7) is 2.43. The van der Waals surface area contributed by atoms with Gasteiger partial charge in [0.2, 0.25) is 0 Å². The molecule has 0 bridgehead atoms. The van der Waals surface area contributed by atoms with E-state index in [0.717, 1.165) is 22.6 Å². The van der Waals surface area contributed by atoms with Gasteiger partial charge < -0.3 is 35.6 Å². The number of carbonyl (C=O) groups excluding carboxylic acids is 4. The lowest BCUT2D eigenvalue weighted by Gasteiger charge is -2.36. The molecule has 3 heterocycles. The minimum Gasteiger partial charge on any atom is -0.399 e. The highest BCUT2D eigenvalue weighted by Gasteiger charge is 2.44. The Kier molecular flexibility index (Phi) is 6.90. The molecule has 0 aliphatic carbocycles. The van der Waals surface area contributed by atoms with Crippen LogP contribution in [-0.4, -0.2) is 62.3 Å². The molecule has 2 fully saturated rings. The average Bonchev–Trinajstić information content (AvgIpc) is 3.29. The van der Waals surface area contributed by atoms with Crippen molar-refractivity contribution in [3.05, 3.63) is 40.8 Å². The standard InChI is InChI=1S/C23H23N5O6S/c1-3-16-5-7-19(35-16)34-22(32)27-23(12-24-21(31)25-13-23)20(30)26-15-4-6-17(14(2)10-15)28-8-9-33-11-18(28)29/h1,4-7,10H,8-9,11-13H2,2H3,(H,26,30)(H,27,32)(H2,24,25,31). The molecule has 2 aromatic rings. The lowest BCUT2D eigenvalue weighted by molar-refractivity contribution is -0.125. The third kappa shape index (κ3) is 5.37. The molecule has 0 spiro atoms. The number of ether oxygens (including phenoxy) is 2. The molecule has 2 aliphatic heterocycles. The fourth-order valence-electron chi connectivity index (χ4n) is 3.72. The first-order valence-corrected chi connectivity index (χ1v) is 11.5. The Morgan fingerprint density at radius 3 is 2.66 bits per heavy atom. The van der Waals surface area contributed by atoms with Crippen molar-refractivity contribution in [1.82, 2.24) is 16.0 Å². The Labute approximate surface area is 205 Å². The summed E-state index contributed by atoms with van der Waals surface area (Å²) in [5, 5.41) is 10.7. The van der Waals surface area contributed by atoms with Gasteiger partial charge in [-0.25, -0.2) is 9.59 Å². The third-order valence-electron chi connectivity index (χ3n) is 5.53. The molecule has 4 N–H and O–H groups in total. The van der Waals surface area contributed by atoms with Crippen molar-refractivity contribution in [2.24, 2.45) is 0 Å². The molecule has 0 saturated carbocycles. The quantitative estimate of drug-likeness (QED) is 0.458. The van der Waals surface area contributed by atoms with Crippen LogP contribution in [0, 0.1) is 19.3 Å². The van der Waals surface area contributed by atoms with Gasteiger partial charge in [0.05, 0.1) is 24.6 Å². The number of nitrogens with one attached hydrogen (secondary N) is 4. The van der Waals surface area contributed by atoms with Crippen molar-refractivity contribution in [3.8, 4) is 17.4 Å². The number of amides is 5. The molecule has 4 rings (SSSR count). The van der Waals surface area contributed by atoms with Gasteiger partial charge >= 0.3 is 12.1 Å². The van der Waals surface area contributed by atoms with Crippen LogP contribution >= 0.6 is 11.3 Å². The summed E-state index contributed by atoms with van der Waals surface area (Å²) in [7, 11) is 0. The van der Waals surface area contributed by atoms with E-state index >= 15 is 0 Å². The predicted octanol–water partition coefficient (Wildman–Crippen LogP) is 1.18. The molecule has 0 atom stereocenters. The van der Waals surface area contributed by atoms with Gasteiger partial charge in [-0.1, -0.05) is 17.3 Å². The van der Waals surface area contributed by atoms with Crippen LogP contribution in [-0.2, 0) is 14.3 Å². The molecular weight excluding hydrogens is 474 g/mol. The number of nitrogens with zero attached hydrogens (tertiary/aromatic N) is 1. The first kappa shape index (κ1) is 24.1. The molecule has 11 nitrogen and oxygen atoms in total. The molecule has 182 valence electrons. The summed E-state index contributed by atoms with van der Waals surface area (Å²) in [5.41, 5.74) is 0.433. The first-order chi connectivity index (χ1) is 16.8. The maximum Gasteiger partial charge on any atom is 0.414 e. The Morgan fingerprint density at radius 1 is 1.23 bits per heavy atom. The maximum atomic E-state index is 13.3. The van der Waals surface area contributed by atoms with Gasteiger partial charge in [-0.3, -0.25) is 9.59 Å². The van der Waals surface area contributed by atoms with Crippen molar-refractivity contribution < 1.29 is 28.7 Å². The van der Waals surface area contributed by atoms with Gasteiger partial charge in [-0.15, -0.1) is 6.42 Å². The van der Waals surface area contributed by atoms with E-state index in [0.29, 0.717) is 23.7 Å². The zero-order valence-electron chi connectivity index (χ0n) is 18.8. The van der Waals surface area contributed by atoms with E-state index in [1.165, 1.54) is 0 Å². The minimum absolute atomic E-state index is 0.0243. The van der Waals surface area contributed by atoms with Gasteiger partial charge in [0.15, 0.2) is 10.6 Å². The van der Waals surface area contributed by atoms with E-state index in [9.17, 15) is 19.2 Å². The highest BCUT2D eigenvalue weighted by Crippen LogP contribution is 2.26. The van der Waals surface area contributed by atoms with Crippen LogP contribution in [0.1, 0.15) is 10.4 Å². The third-order valence-corrected chi connectivity index (χ3v) is 6.42. The zero-order chi connectivity index (χ0) is 25.0. The van der Waals surface area contributed by atoms with Crippen molar-refractivity contribution in [1.29, 1.82) is 0 Å². The molecule has 1 aromatic heterocycles. The number of hydrogen-bond donors (Lipinski definition) is 4. The number of rotatable bonds is 5. The SMILES string of the molecule is C#Cc1ccc(OC(=O)NC2(C(=O)Nc3ccc(N4CCOCC4=O)c(C)c3)CNC(=O)NC2)s1. The van der Waals surface area contributed by atoms with Crippen LogP contribution in [0.25, 0.3) is 0 Å². The topological polar surface area (TPSA) is 138 Å². The summed E-state index contributed by atoms with van der Waals surface area (Å²) in [6, 6.07) is 7.85. The summed E-state index contributed by atoms with van der Waals surface area (Å²) in [6.07, 6.45) is 4.46. The Hall–Kier alpha value is -4.08. The van der Waals surface area contributed by atoms with E-state index < -0.39 is 23.6 Å². The van der Waals surface area contributed by atoms with Crippen LogP contribution in [0.5, 0.6) is 5.06 Å². The molecule has 2 saturated heterocycles. The predicted molar refractivity (Wildman–Crippen MR) is 129 cm³/mol. The number of anilines is 2. The molecule has 0 unspecified atom stereocenters. The van der Waals surface area contributed by atoms with E-state index in [4.69, 9.17) is 15.9 Å². The largest absolute Gasteiger partial charge is 0.414 e. The summed E-state index contributed by atoms with van der Waals surface area (Å²) in [4.78, 5) is 51.9. The second-order valence-electron chi connectivity index (χ2n) is 7.95. The van der Waals surface area contributed by atoms with Crippen molar-refractivity contribution >= 4 is 46.7 Å². The summed E-state index contributed by atoms with van der Waals surface area (Å²) in [5.74, 6) is 1.75. The normalized spacial score (nSPS) is 17.0. The molecule has 35 heavy (non-hydrogen) atoms. The summed E-state index contributed by atoms with van der Waals surface area (Å²) < 4.78 is 10.4. The Morgan fingerprint density at radius 2 is 2.00 bits per heavy atom. The lowest BCUT2D eigenvalue weighted by atomic mass is 9.96. The fourth-order valence-corrected chi connectivity index (χ4v) is 4.38. The molecule has 0 radical (unpaired) electrons. The number of terminal acetylenes is 1. The van der Waals surface area contributed by atoms with Crippen LogP contribution < -0.4 is 30.9 Å². The highest BCUT2D eigenvalue weighted by atomic mass is 32.1. The smallest absolute Gasteiger partial charge is 0.399 e. The van der Waals surface area contributed by atoms with Crippen LogP contribution in [0.3, 0.4) is 0 Å². The number of carbonyl (C=O) groups is 4. The number of morpholine rings is 1. The number of urea groups is 1. The minimum atomic E-state index is -1.52. The maximum absolute atomic E-state index is 13.3. The monoisotopic (exact) mass is 497 g/mol. The first-order valence-electron chi connectivity index (χ1n) is 10.7. The molecular formula is C23H23N5O6S. The van der Waals surface area contributed by atoms with Gasteiger partial charge in [0, 0.05) is 17.9 Å². The van der Waals surface area contributed by atoms with Crippen LogP contribution in [0.2, 0.25) is 0 Å². The van der Waals surface area contributed by atoms with Crippen molar-refractivity contribution in [2.45, 2.75) is 12.5 Å². The molecule has 2 aliphatic rings. The Balaban J connectivity index is 1.49. The number of thiophene rings is 1. The second kappa shape index (κ2) is 10.0. The van der Waals surface area contributed by atoms with Gasteiger partial charge in [-0.2, -0.15) is 0 Å². The van der Waals surface area contributed by atoms with E-state index in [1.54, 1.807) is 35.2 Å². The van der Waals surface area contributed by atoms with E-state index in [1.807, 2.05) is 6.92 Å². The van der Waals surface area contributed by atoms with Gasteiger partial charge in [0.1, 0.15) is 6.61 Å². The zero-order valence-corrected chi connectivity index (χ0v) is 19.6. The number of aryl methyl sites for hydroxylation is 1. The van der Waals surface area contributed by atoms with E-state index in [2.05, 4.69) is 27.2 Å². The van der Waals surface area contributed by atoms with E-state index in [-0.39, 0.29) is 30.7 Å². The lowest BCUT2D eigenvalue weighted by Crippen LogP contribution is -2.72. The van der Waals surface area contributed by atoms with Crippen LogP contribution in [0.15, 0.2) is 30.3 Å². The molecule has 12 heteroatoms. The van der Waals surface area contributed by atoms with Crippen molar-refractivity contribution in [3.63, 3.8) is 0 Å².